The standard InChI is InChI=1S/C12H14N4O/c13-12(6-2-3-7-12)11-15-10(17-16-11)9-5-1-4-8-14-9/h1,4-5,8H,2-3,6-7,13H2. The van der Waals surface area contributed by atoms with E-state index in [4.69, 9.17) is 10.3 Å². The molecule has 0 bridgehead atoms. The normalized spacial score (nSPS) is 18.4. The molecule has 0 amide bonds. The van der Waals surface area contributed by atoms with E-state index in [0.717, 1.165) is 25.7 Å². The van der Waals surface area contributed by atoms with Gasteiger partial charge in [0.2, 0.25) is 0 Å². The van der Waals surface area contributed by atoms with Gasteiger partial charge in [-0.25, -0.2) is 0 Å². The Balaban J connectivity index is 1.93. The van der Waals surface area contributed by atoms with E-state index in [0.29, 0.717) is 17.4 Å². The van der Waals surface area contributed by atoms with Gasteiger partial charge in [0, 0.05) is 6.20 Å². The van der Waals surface area contributed by atoms with Gasteiger partial charge in [0.05, 0.1) is 5.54 Å². The summed E-state index contributed by atoms with van der Waals surface area (Å²) in [6.45, 7) is 0. The van der Waals surface area contributed by atoms with E-state index in [1.165, 1.54) is 0 Å². The van der Waals surface area contributed by atoms with Crippen molar-refractivity contribution in [2.24, 2.45) is 5.73 Å². The predicted octanol–water partition coefficient (Wildman–Crippen LogP) is 1.86. The zero-order valence-corrected chi connectivity index (χ0v) is 9.47. The highest BCUT2D eigenvalue weighted by atomic mass is 16.5. The Morgan fingerprint density at radius 3 is 2.76 bits per heavy atom. The minimum absolute atomic E-state index is 0.406. The smallest absolute Gasteiger partial charge is 0.276 e. The first-order valence-electron chi connectivity index (χ1n) is 5.82. The Morgan fingerprint density at radius 1 is 1.24 bits per heavy atom. The van der Waals surface area contributed by atoms with Gasteiger partial charge in [-0.1, -0.05) is 24.1 Å². The molecule has 0 unspecified atom stereocenters. The summed E-state index contributed by atoms with van der Waals surface area (Å²) >= 11 is 0. The summed E-state index contributed by atoms with van der Waals surface area (Å²) in [6, 6.07) is 5.58. The number of nitrogens with two attached hydrogens (primary N) is 1. The number of hydrogen-bond donors (Lipinski definition) is 1. The molecule has 5 nitrogen and oxygen atoms in total. The molecule has 1 aliphatic carbocycles. The topological polar surface area (TPSA) is 77.8 Å². The average Bonchev–Trinajstić information content (AvgIpc) is 2.99. The van der Waals surface area contributed by atoms with Gasteiger partial charge in [0.15, 0.2) is 5.82 Å². The lowest BCUT2D eigenvalue weighted by molar-refractivity contribution is 0.372. The monoisotopic (exact) mass is 230 g/mol. The molecule has 2 N–H and O–H groups in total. The van der Waals surface area contributed by atoms with E-state index in [-0.39, 0.29) is 0 Å². The van der Waals surface area contributed by atoms with Gasteiger partial charge in [0.1, 0.15) is 5.69 Å². The van der Waals surface area contributed by atoms with E-state index >= 15 is 0 Å². The molecular formula is C12H14N4O. The van der Waals surface area contributed by atoms with Gasteiger partial charge in [0.25, 0.3) is 5.89 Å². The van der Waals surface area contributed by atoms with Crippen LogP contribution in [0.1, 0.15) is 31.5 Å². The van der Waals surface area contributed by atoms with Crippen molar-refractivity contribution in [3.63, 3.8) is 0 Å². The second-order valence-corrected chi connectivity index (χ2v) is 4.50. The van der Waals surface area contributed by atoms with Crippen molar-refractivity contribution in [3.8, 4) is 11.6 Å². The minimum Gasteiger partial charge on any atom is -0.332 e. The Hall–Kier alpha value is -1.75. The molecule has 0 aliphatic heterocycles. The summed E-state index contributed by atoms with van der Waals surface area (Å²) in [7, 11) is 0. The molecule has 17 heavy (non-hydrogen) atoms. The number of aromatic nitrogens is 3. The van der Waals surface area contributed by atoms with Crippen LogP contribution in [-0.2, 0) is 5.54 Å². The van der Waals surface area contributed by atoms with Crippen LogP contribution in [0.2, 0.25) is 0 Å². The molecule has 1 fully saturated rings. The van der Waals surface area contributed by atoms with Crippen LogP contribution in [0, 0.1) is 0 Å². The Morgan fingerprint density at radius 2 is 2.06 bits per heavy atom. The molecule has 1 saturated carbocycles. The van der Waals surface area contributed by atoms with Crippen LogP contribution in [0.25, 0.3) is 11.6 Å². The summed E-state index contributed by atoms with van der Waals surface area (Å²) in [5.74, 6) is 1.05. The lowest BCUT2D eigenvalue weighted by Crippen LogP contribution is -2.34. The second-order valence-electron chi connectivity index (χ2n) is 4.50. The maximum absolute atomic E-state index is 6.27. The zero-order chi connectivity index (χ0) is 11.7. The van der Waals surface area contributed by atoms with Crippen molar-refractivity contribution in [2.45, 2.75) is 31.2 Å². The number of pyridine rings is 1. The first-order valence-corrected chi connectivity index (χ1v) is 5.82. The SMILES string of the molecule is NC1(c2noc(-c3ccccn3)n2)CCCC1. The van der Waals surface area contributed by atoms with Crippen molar-refractivity contribution in [2.75, 3.05) is 0 Å². The van der Waals surface area contributed by atoms with Crippen LogP contribution in [-0.4, -0.2) is 15.1 Å². The third-order valence-corrected chi connectivity index (χ3v) is 3.25. The van der Waals surface area contributed by atoms with Crippen molar-refractivity contribution in [3.05, 3.63) is 30.2 Å². The second kappa shape index (κ2) is 3.92. The summed E-state index contributed by atoms with van der Waals surface area (Å²) in [5, 5.41) is 4.00. The number of hydrogen-bond acceptors (Lipinski definition) is 5. The van der Waals surface area contributed by atoms with E-state index < -0.39 is 5.54 Å². The molecule has 3 rings (SSSR count). The third kappa shape index (κ3) is 1.82. The molecule has 0 radical (unpaired) electrons. The Kier molecular flexibility index (Phi) is 2.40. The highest BCUT2D eigenvalue weighted by Crippen LogP contribution is 2.35. The van der Waals surface area contributed by atoms with Gasteiger partial charge >= 0.3 is 0 Å². The molecular weight excluding hydrogens is 216 g/mol. The average molecular weight is 230 g/mol. The molecule has 2 heterocycles. The largest absolute Gasteiger partial charge is 0.332 e. The maximum Gasteiger partial charge on any atom is 0.276 e. The summed E-state index contributed by atoms with van der Waals surface area (Å²) in [5.41, 5.74) is 6.55. The van der Waals surface area contributed by atoms with Crippen molar-refractivity contribution >= 4 is 0 Å². The van der Waals surface area contributed by atoms with Crippen LogP contribution in [0.5, 0.6) is 0 Å². The van der Waals surface area contributed by atoms with Gasteiger partial charge in [-0.2, -0.15) is 4.98 Å². The minimum atomic E-state index is -0.406. The van der Waals surface area contributed by atoms with Crippen LogP contribution >= 0.6 is 0 Å². The third-order valence-electron chi connectivity index (χ3n) is 3.25. The summed E-state index contributed by atoms with van der Waals surface area (Å²) in [4.78, 5) is 8.54. The quantitative estimate of drug-likeness (QED) is 0.851. The van der Waals surface area contributed by atoms with Crippen molar-refractivity contribution < 1.29 is 4.52 Å². The van der Waals surface area contributed by atoms with Gasteiger partial charge in [-0.15, -0.1) is 0 Å². The zero-order valence-electron chi connectivity index (χ0n) is 9.47. The molecule has 2 aromatic heterocycles. The first-order chi connectivity index (χ1) is 8.28. The van der Waals surface area contributed by atoms with E-state index in [9.17, 15) is 0 Å². The fraction of sp³-hybridized carbons (Fsp3) is 0.417. The van der Waals surface area contributed by atoms with Gasteiger partial charge in [-0.05, 0) is 25.0 Å². The molecule has 1 aliphatic rings. The number of rotatable bonds is 2. The Labute approximate surface area is 99.1 Å². The molecule has 88 valence electrons. The molecule has 0 atom stereocenters. The highest BCUT2D eigenvalue weighted by molar-refractivity contribution is 5.45. The van der Waals surface area contributed by atoms with E-state index in [1.54, 1.807) is 6.20 Å². The van der Waals surface area contributed by atoms with Crippen molar-refractivity contribution in [1.29, 1.82) is 0 Å². The van der Waals surface area contributed by atoms with Crippen LogP contribution in [0.3, 0.4) is 0 Å². The Bertz CT molecular complexity index is 502. The van der Waals surface area contributed by atoms with Gasteiger partial charge in [-0.3, -0.25) is 4.98 Å². The lowest BCUT2D eigenvalue weighted by Gasteiger charge is -2.17. The van der Waals surface area contributed by atoms with Gasteiger partial charge < -0.3 is 10.3 Å². The van der Waals surface area contributed by atoms with E-state index in [1.807, 2.05) is 18.2 Å². The predicted molar refractivity (Wildman–Crippen MR) is 61.9 cm³/mol. The van der Waals surface area contributed by atoms with Crippen LogP contribution < -0.4 is 5.73 Å². The van der Waals surface area contributed by atoms with Crippen LogP contribution in [0.4, 0.5) is 0 Å². The molecule has 0 spiro atoms. The highest BCUT2D eigenvalue weighted by Gasteiger charge is 2.36. The fourth-order valence-electron chi connectivity index (χ4n) is 2.25. The summed E-state index contributed by atoms with van der Waals surface area (Å²) in [6.07, 6.45) is 5.81. The molecule has 0 aromatic carbocycles. The fourth-order valence-corrected chi connectivity index (χ4v) is 2.25. The lowest BCUT2D eigenvalue weighted by atomic mass is 9.99. The molecule has 5 heteroatoms. The maximum atomic E-state index is 6.27. The van der Waals surface area contributed by atoms with Crippen LogP contribution in [0.15, 0.2) is 28.9 Å². The molecule has 2 aromatic rings. The van der Waals surface area contributed by atoms with E-state index in [2.05, 4.69) is 15.1 Å². The molecule has 0 saturated heterocycles. The van der Waals surface area contributed by atoms with Crippen molar-refractivity contribution in [1.82, 2.24) is 15.1 Å². The first kappa shape index (κ1) is 10.4. The number of nitrogens with zero attached hydrogens (tertiary/aromatic N) is 3. The summed E-state index contributed by atoms with van der Waals surface area (Å²) < 4.78 is 5.22.